The molecule has 0 amide bonds. The Hall–Kier alpha value is -1.33. The highest BCUT2D eigenvalue weighted by Crippen LogP contribution is 2.24. The van der Waals surface area contributed by atoms with Gasteiger partial charge in [0.1, 0.15) is 11.3 Å². The van der Waals surface area contributed by atoms with Crippen LogP contribution in [0.5, 0.6) is 0 Å². The van der Waals surface area contributed by atoms with Crippen LogP contribution in [0.2, 0.25) is 0 Å². The minimum Gasteiger partial charge on any atom is -0.307 e. The lowest BCUT2D eigenvalue weighted by molar-refractivity contribution is 0.701. The molecule has 106 valence electrons. The van der Waals surface area contributed by atoms with E-state index >= 15 is 0 Å². The third-order valence-corrected chi connectivity index (χ3v) is 4.66. The molecule has 3 heterocycles. The lowest BCUT2D eigenvalue weighted by atomic mass is 10.3. The standard InChI is InChI=1S/C14H17ClN4S/c1-4-11-13-14(18(3)17-11)19(12(7-15)16-13)8-10-6-5-9(2)20-10/h5-6H,4,7-8H2,1-3H3. The van der Waals surface area contributed by atoms with Crippen molar-refractivity contribution in [2.75, 3.05) is 0 Å². The van der Waals surface area contributed by atoms with Gasteiger partial charge in [-0.05, 0) is 25.5 Å². The van der Waals surface area contributed by atoms with Gasteiger partial charge in [0.15, 0.2) is 5.65 Å². The van der Waals surface area contributed by atoms with Gasteiger partial charge in [0.2, 0.25) is 0 Å². The van der Waals surface area contributed by atoms with Gasteiger partial charge >= 0.3 is 0 Å². The van der Waals surface area contributed by atoms with Crippen LogP contribution >= 0.6 is 22.9 Å². The first kappa shape index (κ1) is 13.6. The van der Waals surface area contributed by atoms with Crippen molar-refractivity contribution in [3.05, 3.63) is 33.4 Å². The van der Waals surface area contributed by atoms with Crippen LogP contribution in [0.15, 0.2) is 12.1 Å². The Balaban J connectivity index is 2.14. The number of hydrogen-bond acceptors (Lipinski definition) is 3. The lowest BCUT2D eigenvalue weighted by Gasteiger charge is -2.06. The normalized spacial score (nSPS) is 11.6. The van der Waals surface area contributed by atoms with Crippen LogP contribution in [0.3, 0.4) is 0 Å². The monoisotopic (exact) mass is 308 g/mol. The molecule has 4 nitrogen and oxygen atoms in total. The molecular weight excluding hydrogens is 292 g/mol. The van der Waals surface area contributed by atoms with E-state index in [0.29, 0.717) is 5.88 Å². The molecular formula is C14H17ClN4S. The minimum atomic E-state index is 0.419. The summed E-state index contributed by atoms with van der Waals surface area (Å²) < 4.78 is 4.09. The molecule has 0 aliphatic carbocycles. The van der Waals surface area contributed by atoms with Crippen LogP contribution in [0.4, 0.5) is 0 Å². The van der Waals surface area contributed by atoms with E-state index in [-0.39, 0.29) is 0 Å². The Morgan fingerprint density at radius 1 is 1.35 bits per heavy atom. The maximum atomic E-state index is 6.07. The van der Waals surface area contributed by atoms with Gasteiger partial charge in [0, 0.05) is 16.8 Å². The average molecular weight is 309 g/mol. The van der Waals surface area contributed by atoms with Crippen molar-refractivity contribution in [1.29, 1.82) is 0 Å². The highest BCUT2D eigenvalue weighted by Gasteiger charge is 2.18. The smallest absolute Gasteiger partial charge is 0.159 e. The highest BCUT2D eigenvalue weighted by molar-refractivity contribution is 7.11. The largest absolute Gasteiger partial charge is 0.307 e. The van der Waals surface area contributed by atoms with Crippen LogP contribution in [-0.4, -0.2) is 19.3 Å². The maximum Gasteiger partial charge on any atom is 0.159 e. The zero-order valence-electron chi connectivity index (χ0n) is 11.9. The van der Waals surface area contributed by atoms with Crippen molar-refractivity contribution in [3.8, 4) is 0 Å². The Bertz CT molecular complexity index is 753. The number of thiophene rings is 1. The molecule has 0 saturated heterocycles. The number of imidazole rings is 1. The summed E-state index contributed by atoms with van der Waals surface area (Å²) in [4.78, 5) is 7.31. The molecule has 0 spiro atoms. The molecule has 0 N–H and O–H groups in total. The fourth-order valence-electron chi connectivity index (χ4n) is 2.52. The van der Waals surface area contributed by atoms with Crippen molar-refractivity contribution < 1.29 is 0 Å². The first-order chi connectivity index (χ1) is 9.63. The molecule has 0 radical (unpaired) electrons. The number of aryl methyl sites for hydroxylation is 3. The fourth-order valence-corrected chi connectivity index (χ4v) is 3.60. The highest BCUT2D eigenvalue weighted by atomic mass is 35.5. The maximum absolute atomic E-state index is 6.07. The lowest BCUT2D eigenvalue weighted by Crippen LogP contribution is -2.06. The second-order valence-electron chi connectivity index (χ2n) is 4.86. The summed E-state index contributed by atoms with van der Waals surface area (Å²) in [5, 5.41) is 4.54. The Kier molecular flexibility index (Phi) is 3.56. The quantitative estimate of drug-likeness (QED) is 0.692. The molecule has 3 aromatic heterocycles. The molecule has 20 heavy (non-hydrogen) atoms. The van der Waals surface area contributed by atoms with E-state index in [9.17, 15) is 0 Å². The summed E-state index contributed by atoms with van der Waals surface area (Å²) in [5.74, 6) is 1.33. The van der Waals surface area contributed by atoms with E-state index in [0.717, 1.165) is 35.6 Å². The Morgan fingerprint density at radius 2 is 2.15 bits per heavy atom. The molecule has 0 atom stereocenters. The van der Waals surface area contributed by atoms with Gasteiger partial charge in [-0.15, -0.1) is 22.9 Å². The van der Waals surface area contributed by atoms with E-state index < -0.39 is 0 Å². The van der Waals surface area contributed by atoms with Gasteiger partial charge in [-0.1, -0.05) is 6.92 Å². The zero-order chi connectivity index (χ0) is 14.3. The van der Waals surface area contributed by atoms with Gasteiger partial charge in [-0.2, -0.15) is 5.10 Å². The second kappa shape index (κ2) is 5.22. The molecule has 0 aromatic carbocycles. The molecule has 0 unspecified atom stereocenters. The van der Waals surface area contributed by atoms with E-state index in [4.69, 9.17) is 11.6 Å². The van der Waals surface area contributed by atoms with E-state index in [1.54, 1.807) is 0 Å². The SMILES string of the molecule is CCc1nn(C)c2c1nc(CCl)n2Cc1ccc(C)s1. The fraction of sp³-hybridized carbons (Fsp3) is 0.429. The first-order valence-corrected chi connectivity index (χ1v) is 8.01. The van der Waals surface area contributed by atoms with E-state index in [2.05, 4.69) is 40.6 Å². The molecule has 0 bridgehead atoms. The molecule has 0 aliphatic rings. The van der Waals surface area contributed by atoms with Gasteiger partial charge in [-0.25, -0.2) is 4.98 Å². The number of rotatable bonds is 4. The number of aromatic nitrogens is 4. The Morgan fingerprint density at radius 3 is 2.75 bits per heavy atom. The van der Waals surface area contributed by atoms with Crippen LogP contribution in [0, 0.1) is 6.92 Å². The van der Waals surface area contributed by atoms with Crippen molar-refractivity contribution in [2.45, 2.75) is 32.7 Å². The van der Waals surface area contributed by atoms with Crippen molar-refractivity contribution >= 4 is 34.1 Å². The summed E-state index contributed by atoms with van der Waals surface area (Å²) in [7, 11) is 1.97. The molecule has 3 aromatic rings. The van der Waals surface area contributed by atoms with Crippen molar-refractivity contribution in [3.63, 3.8) is 0 Å². The van der Waals surface area contributed by atoms with E-state index in [1.807, 2.05) is 23.1 Å². The summed E-state index contributed by atoms with van der Waals surface area (Å²) in [5.41, 5.74) is 3.08. The van der Waals surface area contributed by atoms with Gasteiger partial charge < -0.3 is 4.57 Å². The average Bonchev–Trinajstić information content (AvgIpc) is 3.07. The summed E-state index contributed by atoms with van der Waals surface area (Å²) in [6.45, 7) is 5.03. The number of halogens is 1. The number of nitrogens with zero attached hydrogens (tertiary/aromatic N) is 4. The second-order valence-corrected chi connectivity index (χ2v) is 6.50. The minimum absolute atomic E-state index is 0.419. The predicted molar refractivity (Wildman–Crippen MR) is 83.6 cm³/mol. The van der Waals surface area contributed by atoms with Crippen LogP contribution in [-0.2, 0) is 25.9 Å². The molecule has 0 fully saturated rings. The van der Waals surface area contributed by atoms with Gasteiger partial charge in [0.05, 0.1) is 18.1 Å². The summed E-state index contributed by atoms with van der Waals surface area (Å²) in [6, 6.07) is 4.32. The van der Waals surface area contributed by atoms with Crippen molar-refractivity contribution in [1.82, 2.24) is 19.3 Å². The number of fused-ring (bicyclic) bond motifs is 1. The molecule has 6 heteroatoms. The van der Waals surface area contributed by atoms with Gasteiger partial charge in [-0.3, -0.25) is 4.68 Å². The molecule has 0 aliphatic heterocycles. The van der Waals surface area contributed by atoms with E-state index in [1.165, 1.54) is 9.75 Å². The summed E-state index contributed by atoms with van der Waals surface area (Å²) in [6.07, 6.45) is 0.883. The van der Waals surface area contributed by atoms with Crippen LogP contribution in [0.25, 0.3) is 11.2 Å². The zero-order valence-corrected chi connectivity index (χ0v) is 13.4. The molecule has 0 saturated carbocycles. The number of alkyl halides is 1. The van der Waals surface area contributed by atoms with Gasteiger partial charge in [0.25, 0.3) is 0 Å². The first-order valence-electron chi connectivity index (χ1n) is 6.66. The number of hydrogen-bond donors (Lipinski definition) is 0. The van der Waals surface area contributed by atoms with Crippen LogP contribution < -0.4 is 0 Å². The third-order valence-electron chi connectivity index (χ3n) is 3.43. The molecule has 3 rings (SSSR count). The van der Waals surface area contributed by atoms with Crippen molar-refractivity contribution in [2.24, 2.45) is 7.05 Å². The third kappa shape index (κ3) is 2.15. The topological polar surface area (TPSA) is 35.6 Å². The summed E-state index contributed by atoms with van der Waals surface area (Å²) >= 11 is 7.88. The predicted octanol–water partition coefficient (Wildman–Crippen LogP) is 3.49. The Labute approximate surface area is 127 Å². The van der Waals surface area contributed by atoms with Crippen LogP contribution in [0.1, 0.15) is 28.2 Å².